The predicted molar refractivity (Wildman–Crippen MR) is 106 cm³/mol. The fraction of sp³-hybridized carbons (Fsp3) is 0.571. The number of nitrogens with one attached hydrogen (secondary N) is 1. The highest BCUT2D eigenvalue weighted by molar-refractivity contribution is 6.30. The summed E-state index contributed by atoms with van der Waals surface area (Å²) in [7, 11) is 0. The number of benzene rings is 1. The first kappa shape index (κ1) is 23.4. The average molecular weight is 461 g/mol. The van der Waals surface area contributed by atoms with E-state index in [0.29, 0.717) is 42.0 Å². The van der Waals surface area contributed by atoms with Crippen LogP contribution in [0.3, 0.4) is 0 Å². The second kappa shape index (κ2) is 9.46. The molecule has 2 aliphatic rings. The maximum absolute atomic E-state index is 13.6. The fourth-order valence-corrected chi connectivity index (χ4v) is 4.58. The molecule has 0 aromatic heterocycles. The standard InChI is InChI=1S/C21H24ClF3N2O4/c22-14-9-6-12(7-10-14)8-11-15-16(19(29)30)27(18(15)28)20(31)26-17(21(23,24)25)13-4-2-1-3-5-13/h6-7,9-10,13,15-17H,1-5,8,11H2,(H,26,31)(H,29,30)/t15-,16+,17?/m1/s1. The first-order valence-electron chi connectivity index (χ1n) is 10.3. The topological polar surface area (TPSA) is 86.7 Å². The monoisotopic (exact) mass is 460 g/mol. The summed E-state index contributed by atoms with van der Waals surface area (Å²) in [5, 5.41) is 11.9. The molecule has 2 N–H and O–H groups in total. The number of carbonyl (C=O) groups excluding carboxylic acids is 2. The van der Waals surface area contributed by atoms with Crippen LogP contribution in [0.25, 0.3) is 0 Å². The Balaban J connectivity index is 1.67. The van der Waals surface area contributed by atoms with Crippen LogP contribution in [0.2, 0.25) is 5.02 Å². The largest absolute Gasteiger partial charge is 0.480 e. The zero-order valence-corrected chi connectivity index (χ0v) is 17.5. The second-order valence-corrected chi connectivity index (χ2v) is 8.57. The van der Waals surface area contributed by atoms with E-state index in [2.05, 4.69) is 0 Å². The van der Waals surface area contributed by atoms with Crippen LogP contribution in [0.5, 0.6) is 0 Å². The van der Waals surface area contributed by atoms with Crippen molar-refractivity contribution >= 4 is 29.5 Å². The van der Waals surface area contributed by atoms with E-state index in [1.165, 1.54) is 0 Å². The molecule has 1 unspecified atom stereocenters. The quantitative estimate of drug-likeness (QED) is 0.616. The van der Waals surface area contributed by atoms with Crippen molar-refractivity contribution in [3.63, 3.8) is 0 Å². The Morgan fingerprint density at radius 1 is 1.16 bits per heavy atom. The van der Waals surface area contributed by atoms with Crippen LogP contribution in [-0.4, -0.2) is 46.2 Å². The van der Waals surface area contributed by atoms with Gasteiger partial charge in [-0.1, -0.05) is 43.0 Å². The van der Waals surface area contributed by atoms with Crippen molar-refractivity contribution in [3.05, 3.63) is 34.9 Å². The number of rotatable bonds is 6. The Labute approximate surface area is 182 Å². The number of imide groups is 1. The van der Waals surface area contributed by atoms with Gasteiger partial charge in [-0.2, -0.15) is 13.2 Å². The number of urea groups is 1. The van der Waals surface area contributed by atoms with E-state index >= 15 is 0 Å². The number of nitrogens with zero attached hydrogens (tertiary/aromatic N) is 1. The lowest BCUT2D eigenvalue weighted by Gasteiger charge is -2.44. The number of halogens is 4. The molecule has 6 nitrogen and oxygen atoms in total. The summed E-state index contributed by atoms with van der Waals surface area (Å²) in [6, 6.07) is 1.92. The van der Waals surface area contributed by atoms with Crippen molar-refractivity contribution < 1.29 is 32.7 Å². The van der Waals surface area contributed by atoms with Crippen molar-refractivity contribution in [2.24, 2.45) is 11.8 Å². The summed E-state index contributed by atoms with van der Waals surface area (Å²) >= 11 is 5.82. The average Bonchev–Trinajstić information content (AvgIpc) is 2.71. The molecular weight excluding hydrogens is 437 g/mol. The highest BCUT2D eigenvalue weighted by atomic mass is 35.5. The van der Waals surface area contributed by atoms with E-state index in [0.717, 1.165) is 12.0 Å². The molecule has 3 rings (SSSR count). The van der Waals surface area contributed by atoms with Crippen molar-refractivity contribution in [2.75, 3.05) is 0 Å². The zero-order valence-electron chi connectivity index (χ0n) is 16.7. The Kier molecular flexibility index (Phi) is 7.13. The molecule has 1 heterocycles. The second-order valence-electron chi connectivity index (χ2n) is 8.13. The molecule has 170 valence electrons. The van der Waals surface area contributed by atoms with Crippen LogP contribution in [-0.2, 0) is 16.0 Å². The molecule has 1 saturated heterocycles. The molecule has 1 aliphatic carbocycles. The van der Waals surface area contributed by atoms with Gasteiger partial charge in [0.1, 0.15) is 6.04 Å². The number of hydrogen-bond donors (Lipinski definition) is 2. The molecule has 1 aromatic carbocycles. The van der Waals surface area contributed by atoms with Gasteiger partial charge in [0.15, 0.2) is 6.04 Å². The van der Waals surface area contributed by atoms with Crippen LogP contribution >= 0.6 is 11.6 Å². The van der Waals surface area contributed by atoms with Gasteiger partial charge in [-0.15, -0.1) is 0 Å². The number of aliphatic carboxylic acids is 1. The molecule has 31 heavy (non-hydrogen) atoms. The molecule has 0 spiro atoms. The summed E-state index contributed by atoms with van der Waals surface area (Å²) in [6.45, 7) is 0. The van der Waals surface area contributed by atoms with E-state index in [1.54, 1.807) is 24.3 Å². The number of alkyl halides is 3. The number of carboxylic acid groups (broad SMARTS) is 1. The van der Waals surface area contributed by atoms with Gasteiger partial charge < -0.3 is 10.4 Å². The lowest BCUT2D eigenvalue weighted by Crippen LogP contribution is -2.69. The van der Waals surface area contributed by atoms with Gasteiger partial charge in [0.05, 0.1) is 5.92 Å². The Hall–Kier alpha value is -2.29. The number of aryl methyl sites for hydroxylation is 1. The minimum Gasteiger partial charge on any atom is -0.480 e. The first-order valence-corrected chi connectivity index (χ1v) is 10.6. The molecule has 1 aromatic rings. The van der Waals surface area contributed by atoms with Crippen molar-refractivity contribution in [1.82, 2.24) is 10.2 Å². The van der Waals surface area contributed by atoms with E-state index in [-0.39, 0.29) is 6.42 Å². The Morgan fingerprint density at radius 3 is 2.32 bits per heavy atom. The van der Waals surface area contributed by atoms with Crippen LogP contribution in [0, 0.1) is 11.8 Å². The molecule has 10 heteroatoms. The van der Waals surface area contributed by atoms with Gasteiger partial charge in [0.2, 0.25) is 5.91 Å². The number of hydrogen-bond acceptors (Lipinski definition) is 3. The minimum atomic E-state index is -4.68. The molecule has 0 bridgehead atoms. The minimum absolute atomic E-state index is 0.159. The van der Waals surface area contributed by atoms with Crippen molar-refractivity contribution in [2.45, 2.75) is 63.2 Å². The van der Waals surface area contributed by atoms with E-state index in [4.69, 9.17) is 11.6 Å². The summed E-state index contributed by atoms with van der Waals surface area (Å²) in [4.78, 5) is 37.1. The van der Waals surface area contributed by atoms with Gasteiger partial charge in [0, 0.05) is 5.02 Å². The lowest BCUT2D eigenvalue weighted by molar-refractivity contribution is -0.173. The summed E-state index contributed by atoms with van der Waals surface area (Å²) in [6.07, 6.45) is -1.38. The molecular formula is C21H24ClF3N2O4. The van der Waals surface area contributed by atoms with Crippen LogP contribution in [0.15, 0.2) is 24.3 Å². The van der Waals surface area contributed by atoms with Gasteiger partial charge in [0.25, 0.3) is 0 Å². The zero-order chi connectivity index (χ0) is 22.8. The first-order chi connectivity index (χ1) is 14.6. The van der Waals surface area contributed by atoms with Crippen LogP contribution in [0.4, 0.5) is 18.0 Å². The van der Waals surface area contributed by atoms with Gasteiger partial charge in [-0.3, -0.25) is 4.79 Å². The summed E-state index contributed by atoms with van der Waals surface area (Å²) in [5.41, 5.74) is 0.832. The van der Waals surface area contributed by atoms with E-state index in [1.807, 2.05) is 5.32 Å². The Morgan fingerprint density at radius 2 is 1.77 bits per heavy atom. The van der Waals surface area contributed by atoms with Crippen molar-refractivity contribution in [3.8, 4) is 0 Å². The Bertz CT molecular complexity index is 825. The predicted octanol–water partition coefficient (Wildman–Crippen LogP) is 4.41. The number of carboxylic acids is 1. The molecule has 1 saturated carbocycles. The number of carbonyl (C=O) groups is 3. The highest BCUT2D eigenvalue weighted by Gasteiger charge is 2.56. The SMILES string of the molecule is O=C(O)[C@@H]1[C@@H](CCc2ccc(Cl)cc2)C(=O)N1C(=O)NC(C1CCCCC1)C(F)(F)F. The van der Waals surface area contributed by atoms with Crippen molar-refractivity contribution in [1.29, 1.82) is 0 Å². The fourth-order valence-electron chi connectivity index (χ4n) is 4.45. The van der Waals surface area contributed by atoms with E-state index < -0.39 is 48.0 Å². The summed E-state index contributed by atoms with van der Waals surface area (Å²) < 4.78 is 40.7. The van der Waals surface area contributed by atoms with E-state index in [9.17, 15) is 32.7 Å². The molecule has 3 amide bonds. The third-order valence-corrected chi connectivity index (χ3v) is 6.35. The third kappa shape index (κ3) is 5.31. The van der Waals surface area contributed by atoms with Gasteiger partial charge in [-0.05, 0) is 49.3 Å². The normalized spacial score (nSPS) is 23.2. The van der Waals surface area contributed by atoms with Crippen LogP contribution in [0.1, 0.15) is 44.1 Å². The molecule has 2 fully saturated rings. The third-order valence-electron chi connectivity index (χ3n) is 6.10. The van der Waals surface area contributed by atoms with Gasteiger partial charge >= 0.3 is 18.2 Å². The lowest BCUT2D eigenvalue weighted by atomic mass is 9.82. The molecule has 0 radical (unpaired) electrons. The number of likely N-dealkylation sites (tertiary alicyclic amines) is 1. The van der Waals surface area contributed by atoms with Gasteiger partial charge in [-0.25, -0.2) is 14.5 Å². The highest BCUT2D eigenvalue weighted by Crippen LogP contribution is 2.36. The molecule has 3 atom stereocenters. The number of amides is 3. The van der Waals surface area contributed by atoms with Crippen LogP contribution < -0.4 is 5.32 Å². The molecule has 1 aliphatic heterocycles. The number of β-lactam (4-membered cyclic amide) rings is 1. The smallest absolute Gasteiger partial charge is 0.408 e. The summed E-state index contributed by atoms with van der Waals surface area (Å²) in [5.74, 6) is -3.95. The maximum Gasteiger partial charge on any atom is 0.408 e. The maximum atomic E-state index is 13.6.